The molecule has 0 saturated carbocycles. The summed E-state index contributed by atoms with van der Waals surface area (Å²) in [5, 5.41) is 4.92. The molecule has 4 rings (SSSR count). The van der Waals surface area contributed by atoms with Gasteiger partial charge in [-0.05, 0) is 79.9 Å². The molecule has 1 aliphatic rings. The number of furan rings is 1. The molecular formula is C33H33N3O8. The van der Waals surface area contributed by atoms with Crippen LogP contribution in [0, 0.1) is 0 Å². The maximum atomic E-state index is 13.5. The van der Waals surface area contributed by atoms with Crippen molar-refractivity contribution >= 4 is 47.1 Å². The van der Waals surface area contributed by atoms with Gasteiger partial charge in [0.1, 0.15) is 11.5 Å². The van der Waals surface area contributed by atoms with Gasteiger partial charge in [0.25, 0.3) is 5.91 Å². The van der Waals surface area contributed by atoms with E-state index in [2.05, 4.69) is 24.5 Å². The maximum absolute atomic E-state index is 13.5. The van der Waals surface area contributed by atoms with Crippen molar-refractivity contribution in [1.82, 2.24) is 5.32 Å². The number of hydrogen-bond donors (Lipinski definition) is 2. The average Bonchev–Trinajstić information content (AvgIpc) is 3.56. The van der Waals surface area contributed by atoms with Crippen LogP contribution in [0.15, 0.2) is 81.9 Å². The zero-order valence-electron chi connectivity index (χ0n) is 25.1. The van der Waals surface area contributed by atoms with Gasteiger partial charge in [-0.2, -0.15) is 0 Å². The first kappa shape index (κ1) is 31.5. The number of benzene rings is 2. The normalized spacial score (nSPS) is 13.8. The number of rotatable bonds is 9. The van der Waals surface area contributed by atoms with Crippen LogP contribution in [0.1, 0.15) is 61.1 Å². The summed E-state index contributed by atoms with van der Waals surface area (Å²) in [6.07, 6.45) is 1.44. The lowest BCUT2D eigenvalue weighted by molar-refractivity contribution is -0.136. The van der Waals surface area contributed by atoms with Gasteiger partial charge in [-0.3, -0.25) is 19.3 Å². The largest absolute Gasteiger partial charge is 0.465 e. The highest BCUT2D eigenvalue weighted by Gasteiger charge is 2.38. The number of hydrogen-bond acceptors (Lipinski definition) is 8. The van der Waals surface area contributed by atoms with E-state index in [1.807, 2.05) is 24.3 Å². The van der Waals surface area contributed by atoms with E-state index in [9.17, 15) is 24.0 Å². The Morgan fingerprint density at radius 1 is 0.932 bits per heavy atom. The van der Waals surface area contributed by atoms with Crippen molar-refractivity contribution < 1.29 is 37.9 Å². The molecule has 2 aromatic carbocycles. The Morgan fingerprint density at radius 2 is 1.61 bits per heavy atom. The van der Waals surface area contributed by atoms with Crippen LogP contribution in [-0.2, 0) is 35.2 Å². The van der Waals surface area contributed by atoms with Gasteiger partial charge in [-0.15, -0.1) is 0 Å². The second kappa shape index (κ2) is 13.7. The minimum Gasteiger partial charge on any atom is -0.465 e. The van der Waals surface area contributed by atoms with Gasteiger partial charge in [-0.25, -0.2) is 9.59 Å². The molecule has 0 saturated heterocycles. The van der Waals surface area contributed by atoms with Crippen molar-refractivity contribution in [3.63, 3.8) is 0 Å². The van der Waals surface area contributed by atoms with Crippen LogP contribution in [-0.4, -0.2) is 43.4 Å². The molecule has 1 aliphatic heterocycles. The molecule has 0 spiro atoms. The number of carbonyl (C=O) groups is 5. The fourth-order valence-corrected chi connectivity index (χ4v) is 4.55. The van der Waals surface area contributed by atoms with Crippen LogP contribution in [0.4, 0.5) is 11.4 Å². The molecule has 228 valence electrons. The molecule has 11 heteroatoms. The molecule has 11 nitrogen and oxygen atoms in total. The van der Waals surface area contributed by atoms with E-state index in [-0.39, 0.29) is 30.1 Å². The van der Waals surface area contributed by atoms with Crippen LogP contribution >= 0.6 is 0 Å². The van der Waals surface area contributed by atoms with Gasteiger partial charge in [0.15, 0.2) is 0 Å². The topological polar surface area (TPSA) is 144 Å². The third-order valence-corrected chi connectivity index (χ3v) is 6.86. The fourth-order valence-electron chi connectivity index (χ4n) is 4.55. The Kier molecular flexibility index (Phi) is 9.79. The summed E-state index contributed by atoms with van der Waals surface area (Å²) in [7, 11) is 1.24. The third kappa shape index (κ3) is 6.95. The quantitative estimate of drug-likeness (QED) is 0.204. The van der Waals surface area contributed by atoms with E-state index < -0.39 is 29.7 Å². The van der Waals surface area contributed by atoms with Crippen LogP contribution in [0.3, 0.4) is 0 Å². The Hall–Kier alpha value is -5.45. The fraction of sp³-hybridized carbons (Fsp3) is 0.242. The van der Waals surface area contributed by atoms with Gasteiger partial charge in [0.05, 0.1) is 37.0 Å². The number of anilines is 2. The van der Waals surface area contributed by atoms with E-state index in [4.69, 9.17) is 13.9 Å². The highest BCUT2D eigenvalue weighted by atomic mass is 16.5. The third-order valence-electron chi connectivity index (χ3n) is 6.86. The average molecular weight is 600 g/mol. The molecule has 0 atom stereocenters. The van der Waals surface area contributed by atoms with Crippen molar-refractivity contribution in [2.45, 2.75) is 40.2 Å². The van der Waals surface area contributed by atoms with Gasteiger partial charge < -0.3 is 24.5 Å². The second-order valence-electron chi connectivity index (χ2n) is 10.1. The molecule has 0 aliphatic carbocycles. The van der Waals surface area contributed by atoms with Gasteiger partial charge in [0.2, 0.25) is 0 Å². The molecule has 0 fully saturated rings. The van der Waals surface area contributed by atoms with E-state index in [1.165, 1.54) is 42.4 Å². The van der Waals surface area contributed by atoms with E-state index in [0.717, 1.165) is 5.56 Å². The standard InChI is InChI=1S/C33H33N3O8/c1-6-43-32(40)22-7-11-23(12-8-22)35-30(38)29(37)34-18-26-16-15-25(44-26)17-27-28(33(41)42-5)20(4)36(31(27)39)24-13-9-21(10-14-24)19(2)3/h7-17,19H,6,18H2,1-5H3,(H,34,37)(H,35,38)/b27-17+. The number of esters is 2. The molecule has 2 N–H and O–H groups in total. The minimum absolute atomic E-state index is 0.0978. The van der Waals surface area contributed by atoms with Crippen LogP contribution in [0.2, 0.25) is 0 Å². The van der Waals surface area contributed by atoms with Crippen LogP contribution in [0.25, 0.3) is 6.08 Å². The van der Waals surface area contributed by atoms with Crippen molar-refractivity contribution in [3.05, 3.63) is 100 Å². The summed E-state index contributed by atoms with van der Waals surface area (Å²) >= 11 is 0. The Bertz CT molecular complexity index is 1650. The van der Waals surface area contributed by atoms with Gasteiger partial charge in [0, 0.05) is 17.1 Å². The van der Waals surface area contributed by atoms with E-state index in [0.29, 0.717) is 34.3 Å². The summed E-state index contributed by atoms with van der Waals surface area (Å²) in [5.74, 6) is -2.51. The summed E-state index contributed by atoms with van der Waals surface area (Å²) in [5.41, 5.74) is 2.99. The molecule has 0 bridgehead atoms. The van der Waals surface area contributed by atoms with Crippen molar-refractivity contribution in [2.75, 3.05) is 23.9 Å². The highest BCUT2D eigenvalue weighted by molar-refractivity contribution is 6.39. The summed E-state index contributed by atoms with van der Waals surface area (Å²) in [4.78, 5) is 64.2. The Morgan fingerprint density at radius 3 is 2.23 bits per heavy atom. The number of nitrogens with zero attached hydrogens (tertiary/aromatic N) is 1. The first-order valence-corrected chi connectivity index (χ1v) is 13.9. The molecule has 3 aromatic rings. The summed E-state index contributed by atoms with van der Waals surface area (Å²) in [6.45, 7) is 7.64. The monoisotopic (exact) mass is 599 g/mol. The number of carbonyl (C=O) groups excluding carboxylic acids is 5. The molecule has 3 amide bonds. The lowest BCUT2D eigenvalue weighted by Gasteiger charge is -2.18. The number of ether oxygens (including phenoxy) is 2. The first-order chi connectivity index (χ1) is 21.0. The lowest BCUT2D eigenvalue weighted by atomic mass is 10.0. The van der Waals surface area contributed by atoms with Gasteiger partial charge in [-0.1, -0.05) is 26.0 Å². The predicted octanol–water partition coefficient (Wildman–Crippen LogP) is 4.71. The van der Waals surface area contributed by atoms with E-state index in [1.54, 1.807) is 26.0 Å². The molecule has 0 unspecified atom stereocenters. The molecule has 0 radical (unpaired) electrons. The van der Waals surface area contributed by atoms with Crippen molar-refractivity contribution in [3.8, 4) is 0 Å². The Balaban J connectivity index is 1.43. The number of allylic oxidation sites excluding steroid dienone is 1. The van der Waals surface area contributed by atoms with Gasteiger partial charge >= 0.3 is 23.8 Å². The number of methoxy groups -OCH3 is 1. The summed E-state index contributed by atoms with van der Waals surface area (Å²) < 4.78 is 15.6. The highest BCUT2D eigenvalue weighted by Crippen LogP contribution is 2.36. The second-order valence-corrected chi connectivity index (χ2v) is 10.1. The lowest BCUT2D eigenvalue weighted by Crippen LogP contribution is -2.34. The zero-order valence-corrected chi connectivity index (χ0v) is 25.1. The first-order valence-electron chi connectivity index (χ1n) is 13.9. The Labute approximate surface area is 254 Å². The minimum atomic E-state index is -0.913. The molecular weight excluding hydrogens is 566 g/mol. The van der Waals surface area contributed by atoms with Crippen LogP contribution in [0.5, 0.6) is 0 Å². The van der Waals surface area contributed by atoms with Crippen molar-refractivity contribution in [1.29, 1.82) is 0 Å². The van der Waals surface area contributed by atoms with Crippen molar-refractivity contribution in [2.24, 2.45) is 0 Å². The number of amides is 3. The maximum Gasteiger partial charge on any atom is 0.340 e. The number of nitrogens with one attached hydrogen (secondary N) is 2. The molecule has 44 heavy (non-hydrogen) atoms. The zero-order chi connectivity index (χ0) is 32.0. The molecule has 2 heterocycles. The van der Waals surface area contributed by atoms with E-state index >= 15 is 0 Å². The predicted molar refractivity (Wildman–Crippen MR) is 162 cm³/mol. The smallest absolute Gasteiger partial charge is 0.340 e. The summed E-state index contributed by atoms with van der Waals surface area (Å²) in [6, 6.07) is 16.6. The SMILES string of the molecule is CCOC(=O)c1ccc(NC(=O)C(=O)NCc2ccc(/C=C3/C(=O)N(c4ccc(C(C)C)cc4)C(C)=C3C(=O)OC)o2)cc1. The molecule has 1 aromatic heterocycles. The van der Waals surface area contributed by atoms with Crippen LogP contribution < -0.4 is 15.5 Å².